The molecular formula is C11H11F2N5O2. The van der Waals surface area contributed by atoms with Gasteiger partial charge in [0.05, 0.1) is 12.9 Å². The first-order valence-electron chi connectivity index (χ1n) is 5.79. The highest BCUT2D eigenvalue weighted by Gasteiger charge is 2.42. The monoisotopic (exact) mass is 283 g/mol. The largest absolute Gasteiger partial charge is 0.393 e. The van der Waals surface area contributed by atoms with E-state index >= 15 is 0 Å². The van der Waals surface area contributed by atoms with E-state index in [2.05, 4.69) is 15.0 Å². The van der Waals surface area contributed by atoms with Crippen LogP contribution in [0.1, 0.15) is 6.23 Å². The highest BCUT2D eigenvalue weighted by atomic mass is 19.3. The van der Waals surface area contributed by atoms with E-state index < -0.39 is 24.9 Å². The minimum atomic E-state index is -3.21. The van der Waals surface area contributed by atoms with Crippen LogP contribution < -0.4 is 5.73 Å². The summed E-state index contributed by atoms with van der Waals surface area (Å²) in [4.78, 5) is 11.8. The molecule has 0 bridgehead atoms. The lowest BCUT2D eigenvalue weighted by Crippen LogP contribution is -2.41. The molecule has 2 aromatic heterocycles. The smallest absolute Gasteiger partial charge is 0.294 e. The SMILES string of the molecule is Nc1ncnc2c1ncn2[C@H]1C=CC(F)(F)[C@@H](CO)O1. The van der Waals surface area contributed by atoms with Crippen LogP contribution in [-0.2, 0) is 4.74 Å². The second-order valence-electron chi connectivity index (χ2n) is 4.31. The number of hydrogen-bond acceptors (Lipinski definition) is 6. The molecule has 0 saturated heterocycles. The number of nitrogens with zero attached hydrogens (tertiary/aromatic N) is 4. The van der Waals surface area contributed by atoms with Gasteiger partial charge in [-0.15, -0.1) is 0 Å². The number of aliphatic hydroxyl groups excluding tert-OH is 1. The van der Waals surface area contributed by atoms with Gasteiger partial charge >= 0.3 is 0 Å². The van der Waals surface area contributed by atoms with Crippen molar-refractivity contribution in [1.82, 2.24) is 19.5 Å². The standard InChI is InChI=1S/C11H11F2N5O2/c12-11(13)2-1-7(20-6(11)3-19)18-5-17-8-9(14)15-4-16-10(8)18/h1-2,4-7,19H,3H2,(H2,14,15,16)/t6-,7-/m1/s1. The van der Waals surface area contributed by atoms with Crippen LogP contribution in [0.25, 0.3) is 11.2 Å². The Hall–Kier alpha value is -2.13. The molecule has 0 radical (unpaired) electrons. The number of alkyl halides is 2. The summed E-state index contributed by atoms with van der Waals surface area (Å²) in [5.41, 5.74) is 6.38. The van der Waals surface area contributed by atoms with Gasteiger partial charge in [0.2, 0.25) is 0 Å². The highest BCUT2D eigenvalue weighted by Crippen LogP contribution is 2.33. The Morgan fingerprint density at radius 1 is 1.40 bits per heavy atom. The van der Waals surface area contributed by atoms with Gasteiger partial charge in [0.1, 0.15) is 11.8 Å². The van der Waals surface area contributed by atoms with Crippen LogP contribution in [0.2, 0.25) is 0 Å². The number of fused-ring (bicyclic) bond motifs is 1. The van der Waals surface area contributed by atoms with Crippen molar-refractivity contribution in [3.8, 4) is 0 Å². The molecule has 0 spiro atoms. The first-order chi connectivity index (χ1) is 9.53. The number of nitrogen functional groups attached to an aromatic ring is 1. The Morgan fingerprint density at radius 3 is 2.95 bits per heavy atom. The fourth-order valence-corrected chi connectivity index (χ4v) is 2.00. The molecule has 20 heavy (non-hydrogen) atoms. The number of rotatable bonds is 2. The molecule has 1 aliphatic rings. The number of aromatic nitrogens is 4. The average molecular weight is 283 g/mol. The van der Waals surface area contributed by atoms with Crippen LogP contribution in [0.4, 0.5) is 14.6 Å². The van der Waals surface area contributed by atoms with Crippen LogP contribution in [0.15, 0.2) is 24.8 Å². The van der Waals surface area contributed by atoms with Gasteiger partial charge in [-0.05, 0) is 12.2 Å². The zero-order valence-corrected chi connectivity index (χ0v) is 10.1. The number of halogens is 2. The zero-order chi connectivity index (χ0) is 14.3. The Labute approximate surface area is 111 Å². The molecule has 106 valence electrons. The van der Waals surface area contributed by atoms with E-state index in [1.165, 1.54) is 23.3 Å². The molecule has 2 atom stereocenters. The minimum Gasteiger partial charge on any atom is -0.393 e. The Bertz CT molecular complexity index is 672. The van der Waals surface area contributed by atoms with Gasteiger partial charge in [-0.25, -0.2) is 15.0 Å². The molecule has 0 unspecified atom stereocenters. The van der Waals surface area contributed by atoms with Crippen molar-refractivity contribution < 1.29 is 18.6 Å². The van der Waals surface area contributed by atoms with Crippen molar-refractivity contribution in [3.63, 3.8) is 0 Å². The second kappa shape index (κ2) is 4.46. The van der Waals surface area contributed by atoms with Gasteiger partial charge in [-0.3, -0.25) is 4.57 Å². The van der Waals surface area contributed by atoms with E-state index in [1.807, 2.05) is 0 Å². The quantitative estimate of drug-likeness (QED) is 0.778. The number of anilines is 1. The van der Waals surface area contributed by atoms with Crippen molar-refractivity contribution in [2.45, 2.75) is 18.3 Å². The van der Waals surface area contributed by atoms with Crippen molar-refractivity contribution in [2.75, 3.05) is 12.3 Å². The maximum atomic E-state index is 13.4. The molecular weight excluding hydrogens is 272 g/mol. The van der Waals surface area contributed by atoms with Crippen LogP contribution in [-0.4, -0.2) is 43.3 Å². The number of ether oxygens (including phenoxy) is 1. The fraction of sp³-hybridized carbons (Fsp3) is 0.364. The summed E-state index contributed by atoms with van der Waals surface area (Å²) in [5.74, 6) is -3.02. The van der Waals surface area contributed by atoms with Crippen molar-refractivity contribution >= 4 is 17.0 Å². The topological polar surface area (TPSA) is 99.1 Å². The average Bonchev–Trinajstić information content (AvgIpc) is 2.84. The Balaban J connectivity index is 2.02. The maximum absolute atomic E-state index is 13.4. The molecule has 0 aromatic carbocycles. The van der Waals surface area contributed by atoms with E-state index in [0.29, 0.717) is 17.2 Å². The molecule has 0 fully saturated rings. The van der Waals surface area contributed by atoms with Crippen molar-refractivity contribution in [1.29, 1.82) is 0 Å². The molecule has 2 aromatic rings. The van der Waals surface area contributed by atoms with E-state index in [9.17, 15) is 8.78 Å². The molecule has 0 amide bonds. The van der Waals surface area contributed by atoms with Gasteiger partial charge in [0.25, 0.3) is 5.92 Å². The van der Waals surface area contributed by atoms with Gasteiger partial charge in [-0.1, -0.05) is 0 Å². The summed E-state index contributed by atoms with van der Waals surface area (Å²) in [5, 5.41) is 8.99. The molecule has 9 heteroatoms. The van der Waals surface area contributed by atoms with E-state index in [1.54, 1.807) is 0 Å². The number of aliphatic hydroxyl groups is 1. The predicted octanol–water partition coefficient (Wildman–Crippen LogP) is 0.490. The zero-order valence-electron chi connectivity index (χ0n) is 10.1. The summed E-state index contributed by atoms with van der Waals surface area (Å²) < 4.78 is 33.5. The predicted molar refractivity (Wildman–Crippen MR) is 64.8 cm³/mol. The minimum absolute atomic E-state index is 0.192. The Kier molecular flexibility index (Phi) is 2.87. The number of nitrogens with two attached hydrogens (primary N) is 1. The van der Waals surface area contributed by atoms with E-state index in [-0.39, 0.29) is 5.82 Å². The van der Waals surface area contributed by atoms with Crippen LogP contribution >= 0.6 is 0 Å². The summed E-state index contributed by atoms with van der Waals surface area (Å²) in [6.45, 7) is -0.794. The lowest BCUT2D eigenvalue weighted by atomic mass is 10.1. The molecule has 1 aliphatic heterocycles. The van der Waals surface area contributed by atoms with E-state index in [0.717, 1.165) is 0 Å². The molecule has 3 rings (SSSR count). The molecule has 3 N–H and O–H groups in total. The van der Waals surface area contributed by atoms with Gasteiger partial charge in [-0.2, -0.15) is 8.78 Å². The molecule has 3 heterocycles. The third-order valence-corrected chi connectivity index (χ3v) is 3.04. The van der Waals surface area contributed by atoms with Crippen molar-refractivity contribution in [3.05, 3.63) is 24.8 Å². The van der Waals surface area contributed by atoms with Gasteiger partial charge in [0.15, 0.2) is 23.8 Å². The summed E-state index contributed by atoms with van der Waals surface area (Å²) in [7, 11) is 0. The third-order valence-electron chi connectivity index (χ3n) is 3.04. The summed E-state index contributed by atoms with van der Waals surface area (Å²) in [6, 6.07) is 0. The van der Waals surface area contributed by atoms with Gasteiger partial charge < -0.3 is 15.6 Å². The highest BCUT2D eigenvalue weighted by molar-refractivity contribution is 5.81. The van der Waals surface area contributed by atoms with E-state index in [4.69, 9.17) is 15.6 Å². The lowest BCUT2D eigenvalue weighted by molar-refractivity contribution is -0.166. The third kappa shape index (κ3) is 1.91. The number of imidazole rings is 1. The lowest BCUT2D eigenvalue weighted by Gasteiger charge is -2.31. The summed E-state index contributed by atoms with van der Waals surface area (Å²) >= 11 is 0. The summed E-state index contributed by atoms with van der Waals surface area (Å²) in [6.07, 6.45) is 2.06. The second-order valence-corrected chi connectivity index (χ2v) is 4.31. The van der Waals surface area contributed by atoms with Crippen molar-refractivity contribution in [2.24, 2.45) is 0 Å². The molecule has 0 saturated carbocycles. The Morgan fingerprint density at radius 2 is 2.20 bits per heavy atom. The normalized spacial score (nSPS) is 25.1. The van der Waals surface area contributed by atoms with Crippen LogP contribution in [0.3, 0.4) is 0 Å². The van der Waals surface area contributed by atoms with Crippen LogP contribution in [0.5, 0.6) is 0 Å². The fourth-order valence-electron chi connectivity index (χ4n) is 2.00. The first-order valence-corrected chi connectivity index (χ1v) is 5.79. The maximum Gasteiger partial charge on any atom is 0.294 e. The molecule has 0 aliphatic carbocycles. The first kappa shape index (κ1) is 12.9. The van der Waals surface area contributed by atoms with Crippen LogP contribution in [0, 0.1) is 0 Å². The number of hydrogen-bond donors (Lipinski definition) is 2. The van der Waals surface area contributed by atoms with Gasteiger partial charge in [0, 0.05) is 0 Å². The molecule has 7 nitrogen and oxygen atoms in total.